The predicted molar refractivity (Wildman–Crippen MR) is 73.3 cm³/mol. The second-order valence-electron chi connectivity index (χ2n) is 5.68. The Bertz CT molecular complexity index is 519. The van der Waals surface area contributed by atoms with Gasteiger partial charge in [0.1, 0.15) is 0 Å². The summed E-state index contributed by atoms with van der Waals surface area (Å²) in [7, 11) is 0. The van der Waals surface area contributed by atoms with Gasteiger partial charge in [0.05, 0.1) is 6.26 Å². The highest BCUT2D eigenvalue weighted by Crippen LogP contribution is 2.31. The van der Waals surface area contributed by atoms with E-state index in [2.05, 4.69) is 0 Å². The Labute approximate surface area is 118 Å². The van der Waals surface area contributed by atoms with Gasteiger partial charge in [0.15, 0.2) is 5.76 Å². The van der Waals surface area contributed by atoms with Gasteiger partial charge in [0, 0.05) is 37.7 Å². The zero-order valence-electron chi connectivity index (χ0n) is 11.8. The van der Waals surface area contributed by atoms with Crippen molar-refractivity contribution >= 4 is 11.8 Å². The van der Waals surface area contributed by atoms with E-state index in [4.69, 9.17) is 4.42 Å². The second kappa shape index (κ2) is 5.31. The van der Waals surface area contributed by atoms with Crippen LogP contribution in [0.2, 0.25) is 0 Å². The molecule has 2 fully saturated rings. The minimum absolute atomic E-state index is 0.0618. The van der Waals surface area contributed by atoms with Crippen LogP contribution in [0.3, 0.4) is 0 Å². The molecule has 2 aliphatic rings. The smallest absolute Gasteiger partial charge is 0.289 e. The van der Waals surface area contributed by atoms with Gasteiger partial charge in [-0.15, -0.1) is 0 Å². The fraction of sp³-hybridized carbons (Fsp3) is 0.600. The van der Waals surface area contributed by atoms with Gasteiger partial charge >= 0.3 is 0 Å². The third-order valence-electron chi connectivity index (χ3n) is 4.08. The van der Waals surface area contributed by atoms with Gasteiger partial charge in [0.2, 0.25) is 5.91 Å². The summed E-state index contributed by atoms with van der Waals surface area (Å²) in [5, 5.41) is 0. The van der Waals surface area contributed by atoms with Crippen molar-refractivity contribution in [2.24, 2.45) is 5.92 Å². The molecule has 1 aliphatic carbocycles. The number of furan rings is 1. The minimum Gasteiger partial charge on any atom is -0.459 e. The molecule has 5 heteroatoms. The van der Waals surface area contributed by atoms with Crippen LogP contribution in [0.5, 0.6) is 0 Å². The highest BCUT2D eigenvalue weighted by molar-refractivity contribution is 5.93. The average molecular weight is 276 g/mol. The zero-order valence-corrected chi connectivity index (χ0v) is 11.8. The summed E-state index contributed by atoms with van der Waals surface area (Å²) in [4.78, 5) is 28.2. The Morgan fingerprint density at radius 1 is 1.15 bits per heavy atom. The van der Waals surface area contributed by atoms with Gasteiger partial charge in [-0.2, -0.15) is 0 Å². The molecule has 5 nitrogen and oxygen atoms in total. The topological polar surface area (TPSA) is 53.8 Å². The Balaban J connectivity index is 1.63. The minimum atomic E-state index is -0.0618. The molecule has 0 bridgehead atoms. The number of rotatable bonds is 2. The molecule has 0 aromatic carbocycles. The Morgan fingerprint density at radius 2 is 1.85 bits per heavy atom. The molecule has 1 aromatic rings. The molecule has 1 saturated heterocycles. The Kier molecular flexibility index (Phi) is 3.51. The molecule has 0 spiro atoms. The number of hydrogen-bond donors (Lipinski definition) is 0. The first kappa shape index (κ1) is 13.2. The Morgan fingerprint density at radius 3 is 2.50 bits per heavy atom. The third-order valence-corrected chi connectivity index (χ3v) is 4.08. The van der Waals surface area contributed by atoms with Crippen LogP contribution < -0.4 is 0 Å². The largest absolute Gasteiger partial charge is 0.459 e. The van der Waals surface area contributed by atoms with Gasteiger partial charge < -0.3 is 14.2 Å². The number of amides is 2. The quantitative estimate of drug-likeness (QED) is 0.825. The summed E-state index contributed by atoms with van der Waals surface area (Å²) in [5.41, 5.74) is 0.866. The van der Waals surface area contributed by atoms with E-state index in [1.807, 2.05) is 11.8 Å². The number of carbonyl (C=O) groups is 2. The maximum Gasteiger partial charge on any atom is 0.289 e. The molecule has 2 amide bonds. The summed E-state index contributed by atoms with van der Waals surface area (Å²) in [6, 6.07) is 1.80. The molecule has 1 aromatic heterocycles. The summed E-state index contributed by atoms with van der Waals surface area (Å²) in [5.74, 6) is 0.887. The lowest BCUT2D eigenvalue weighted by molar-refractivity contribution is -0.132. The molecular formula is C15H20N2O3. The van der Waals surface area contributed by atoms with Crippen LogP contribution in [0.4, 0.5) is 0 Å². The van der Waals surface area contributed by atoms with E-state index in [1.54, 1.807) is 17.2 Å². The van der Waals surface area contributed by atoms with Crippen molar-refractivity contribution in [2.45, 2.75) is 26.2 Å². The summed E-state index contributed by atoms with van der Waals surface area (Å²) >= 11 is 0. The van der Waals surface area contributed by atoms with E-state index < -0.39 is 0 Å². The van der Waals surface area contributed by atoms with Crippen molar-refractivity contribution < 1.29 is 14.0 Å². The number of nitrogens with zero attached hydrogens (tertiary/aromatic N) is 2. The van der Waals surface area contributed by atoms with E-state index in [9.17, 15) is 9.59 Å². The van der Waals surface area contributed by atoms with E-state index in [0.717, 1.165) is 31.4 Å². The van der Waals surface area contributed by atoms with Crippen LogP contribution in [0.25, 0.3) is 0 Å². The van der Waals surface area contributed by atoms with Crippen LogP contribution in [-0.2, 0) is 4.79 Å². The number of hydrogen-bond acceptors (Lipinski definition) is 3. The second-order valence-corrected chi connectivity index (χ2v) is 5.68. The lowest BCUT2D eigenvalue weighted by atomic mass is 10.2. The lowest BCUT2D eigenvalue weighted by Gasteiger charge is -2.21. The average Bonchev–Trinajstić information content (AvgIpc) is 3.23. The van der Waals surface area contributed by atoms with Crippen LogP contribution >= 0.6 is 0 Å². The number of carbonyl (C=O) groups excluding carboxylic acids is 2. The molecule has 2 heterocycles. The van der Waals surface area contributed by atoms with E-state index in [1.165, 1.54) is 0 Å². The first-order valence-electron chi connectivity index (χ1n) is 7.29. The SMILES string of the molecule is Cc1ccoc1C(=O)N1CCCN(C(=O)C2CC2)CC1. The van der Waals surface area contributed by atoms with Crippen molar-refractivity contribution in [3.8, 4) is 0 Å². The van der Waals surface area contributed by atoms with Crippen molar-refractivity contribution in [2.75, 3.05) is 26.2 Å². The van der Waals surface area contributed by atoms with E-state index in [0.29, 0.717) is 25.4 Å². The van der Waals surface area contributed by atoms with E-state index >= 15 is 0 Å². The predicted octanol–water partition coefficient (Wildman–Crippen LogP) is 1.67. The van der Waals surface area contributed by atoms with Crippen LogP contribution in [0.15, 0.2) is 16.7 Å². The summed E-state index contributed by atoms with van der Waals surface area (Å²) < 4.78 is 5.27. The van der Waals surface area contributed by atoms with E-state index in [-0.39, 0.29) is 17.7 Å². The van der Waals surface area contributed by atoms with Crippen molar-refractivity contribution in [1.82, 2.24) is 9.80 Å². The maximum atomic E-state index is 12.4. The van der Waals surface area contributed by atoms with Gasteiger partial charge in [-0.25, -0.2) is 0 Å². The van der Waals surface area contributed by atoms with Crippen molar-refractivity contribution in [3.05, 3.63) is 23.7 Å². The van der Waals surface area contributed by atoms with Crippen LogP contribution in [0, 0.1) is 12.8 Å². The summed E-state index contributed by atoms with van der Waals surface area (Å²) in [6.45, 7) is 4.55. The first-order valence-corrected chi connectivity index (χ1v) is 7.29. The van der Waals surface area contributed by atoms with Crippen LogP contribution in [-0.4, -0.2) is 47.8 Å². The van der Waals surface area contributed by atoms with Gasteiger partial charge in [0.25, 0.3) is 5.91 Å². The molecule has 0 N–H and O–H groups in total. The van der Waals surface area contributed by atoms with Gasteiger partial charge in [-0.1, -0.05) is 0 Å². The third kappa shape index (κ3) is 2.57. The zero-order chi connectivity index (χ0) is 14.1. The first-order chi connectivity index (χ1) is 9.66. The summed E-state index contributed by atoms with van der Waals surface area (Å²) in [6.07, 6.45) is 4.44. The van der Waals surface area contributed by atoms with Gasteiger partial charge in [-0.3, -0.25) is 9.59 Å². The standard InChI is InChI=1S/C15H20N2O3/c1-11-5-10-20-13(11)15(19)17-7-2-6-16(8-9-17)14(18)12-3-4-12/h5,10,12H,2-4,6-9H2,1H3. The lowest BCUT2D eigenvalue weighted by Crippen LogP contribution is -2.38. The molecule has 0 unspecified atom stereocenters. The molecule has 0 radical (unpaired) electrons. The fourth-order valence-corrected chi connectivity index (χ4v) is 2.66. The molecular weight excluding hydrogens is 256 g/mol. The molecule has 1 aliphatic heterocycles. The normalized spacial score (nSPS) is 19.9. The molecule has 20 heavy (non-hydrogen) atoms. The van der Waals surface area contributed by atoms with Crippen LogP contribution in [0.1, 0.15) is 35.4 Å². The molecule has 0 atom stereocenters. The molecule has 1 saturated carbocycles. The van der Waals surface area contributed by atoms with Gasteiger partial charge in [-0.05, 0) is 32.3 Å². The van der Waals surface area contributed by atoms with Crippen molar-refractivity contribution in [3.63, 3.8) is 0 Å². The number of aryl methyl sites for hydroxylation is 1. The highest BCUT2D eigenvalue weighted by Gasteiger charge is 2.34. The molecule has 3 rings (SSSR count). The van der Waals surface area contributed by atoms with Crippen molar-refractivity contribution in [1.29, 1.82) is 0 Å². The maximum absolute atomic E-state index is 12.4. The Hall–Kier alpha value is -1.78. The fourth-order valence-electron chi connectivity index (χ4n) is 2.66. The molecule has 108 valence electrons. The monoisotopic (exact) mass is 276 g/mol. The highest BCUT2D eigenvalue weighted by atomic mass is 16.3.